The van der Waals surface area contributed by atoms with Crippen LogP contribution in [-0.2, 0) is 6.42 Å². The fourth-order valence-electron chi connectivity index (χ4n) is 2.15. The van der Waals surface area contributed by atoms with Crippen molar-refractivity contribution in [2.45, 2.75) is 20.3 Å². The number of nitrogens with zero attached hydrogens (tertiary/aromatic N) is 1. The molecule has 0 fully saturated rings. The normalized spacial score (nSPS) is 10.3. The highest BCUT2D eigenvalue weighted by Crippen LogP contribution is 2.22. The molecular formula is C16H18N2O2. The molecule has 4 nitrogen and oxygen atoms in total. The second-order valence-corrected chi connectivity index (χ2v) is 4.86. The monoisotopic (exact) mass is 270 g/mol. The van der Waals surface area contributed by atoms with Crippen molar-refractivity contribution in [2.24, 2.45) is 0 Å². The van der Waals surface area contributed by atoms with Gasteiger partial charge in [-0.1, -0.05) is 30.3 Å². The molecule has 4 heteroatoms. The zero-order valence-electron chi connectivity index (χ0n) is 11.7. The predicted molar refractivity (Wildman–Crippen MR) is 81.2 cm³/mol. The molecule has 0 unspecified atom stereocenters. The third-order valence-corrected chi connectivity index (χ3v) is 3.39. The van der Waals surface area contributed by atoms with Crippen molar-refractivity contribution < 1.29 is 4.92 Å². The van der Waals surface area contributed by atoms with Crippen LogP contribution in [0.3, 0.4) is 0 Å². The van der Waals surface area contributed by atoms with Crippen LogP contribution in [0.25, 0.3) is 0 Å². The lowest BCUT2D eigenvalue weighted by molar-refractivity contribution is -0.385. The van der Waals surface area contributed by atoms with Gasteiger partial charge < -0.3 is 5.32 Å². The largest absolute Gasteiger partial charge is 0.385 e. The maximum atomic E-state index is 10.9. The highest BCUT2D eigenvalue weighted by molar-refractivity contribution is 5.54. The Morgan fingerprint density at radius 1 is 1.10 bits per heavy atom. The lowest BCUT2D eigenvalue weighted by Gasteiger charge is -2.09. The number of nitrogens with one attached hydrogen (secondary N) is 1. The molecule has 0 saturated heterocycles. The van der Waals surface area contributed by atoms with E-state index in [0.717, 1.165) is 18.7 Å². The lowest BCUT2D eigenvalue weighted by Crippen LogP contribution is -2.06. The molecule has 0 aliphatic rings. The molecule has 0 saturated carbocycles. The first-order valence-electron chi connectivity index (χ1n) is 6.61. The Bertz CT molecular complexity index is 624. The first kappa shape index (κ1) is 14.1. The van der Waals surface area contributed by atoms with Crippen LogP contribution >= 0.6 is 0 Å². The summed E-state index contributed by atoms with van der Waals surface area (Å²) in [7, 11) is 0. The van der Waals surface area contributed by atoms with Crippen molar-refractivity contribution >= 4 is 11.4 Å². The Hall–Kier alpha value is -2.36. The molecule has 0 amide bonds. The van der Waals surface area contributed by atoms with Gasteiger partial charge >= 0.3 is 0 Å². The molecule has 2 aromatic carbocycles. The molecular weight excluding hydrogens is 252 g/mol. The molecule has 20 heavy (non-hydrogen) atoms. The fourth-order valence-corrected chi connectivity index (χ4v) is 2.15. The Morgan fingerprint density at radius 2 is 1.85 bits per heavy atom. The van der Waals surface area contributed by atoms with E-state index in [9.17, 15) is 10.1 Å². The molecule has 2 rings (SSSR count). The zero-order chi connectivity index (χ0) is 14.5. The van der Waals surface area contributed by atoms with Crippen LogP contribution in [0.4, 0.5) is 11.4 Å². The molecule has 1 N–H and O–H groups in total. The summed E-state index contributed by atoms with van der Waals surface area (Å²) >= 11 is 0. The van der Waals surface area contributed by atoms with E-state index < -0.39 is 0 Å². The molecule has 0 spiro atoms. The van der Waals surface area contributed by atoms with Gasteiger partial charge in [0.25, 0.3) is 5.69 Å². The third-order valence-electron chi connectivity index (χ3n) is 3.39. The van der Waals surface area contributed by atoms with Crippen molar-refractivity contribution in [1.82, 2.24) is 0 Å². The molecule has 0 bridgehead atoms. The minimum atomic E-state index is -0.345. The van der Waals surface area contributed by atoms with Gasteiger partial charge in [0, 0.05) is 23.9 Å². The molecule has 0 atom stereocenters. The Kier molecular flexibility index (Phi) is 4.35. The van der Waals surface area contributed by atoms with Gasteiger partial charge in [0.15, 0.2) is 0 Å². The summed E-state index contributed by atoms with van der Waals surface area (Å²) in [6.45, 7) is 4.59. The van der Waals surface area contributed by atoms with Crippen LogP contribution in [0.2, 0.25) is 0 Å². The average Bonchev–Trinajstić information content (AvgIpc) is 2.42. The Morgan fingerprint density at radius 3 is 2.55 bits per heavy atom. The van der Waals surface area contributed by atoms with E-state index in [-0.39, 0.29) is 10.6 Å². The summed E-state index contributed by atoms with van der Waals surface area (Å²) in [5.41, 5.74) is 4.19. The minimum Gasteiger partial charge on any atom is -0.385 e. The van der Waals surface area contributed by atoms with Gasteiger partial charge in [0.05, 0.1) is 4.92 Å². The molecule has 104 valence electrons. The van der Waals surface area contributed by atoms with E-state index in [1.165, 1.54) is 11.1 Å². The second kappa shape index (κ2) is 6.19. The first-order chi connectivity index (χ1) is 9.58. The Balaban J connectivity index is 2.00. The van der Waals surface area contributed by atoms with Gasteiger partial charge in [0.1, 0.15) is 0 Å². The van der Waals surface area contributed by atoms with Crippen molar-refractivity contribution in [3.63, 3.8) is 0 Å². The van der Waals surface area contributed by atoms with Crippen LogP contribution in [0, 0.1) is 24.0 Å². The quantitative estimate of drug-likeness (QED) is 0.663. The number of aryl methyl sites for hydroxylation is 2. The van der Waals surface area contributed by atoms with Crippen LogP contribution < -0.4 is 5.32 Å². The number of nitro benzene ring substituents is 1. The second-order valence-electron chi connectivity index (χ2n) is 4.86. The summed E-state index contributed by atoms with van der Waals surface area (Å²) in [5, 5.41) is 14.1. The summed E-state index contributed by atoms with van der Waals surface area (Å²) in [5.74, 6) is 0. The number of rotatable bonds is 5. The maximum absolute atomic E-state index is 10.9. The van der Waals surface area contributed by atoms with Gasteiger partial charge in [-0.05, 0) is 37.5 Å². The molecule has 0 aliphatic carbocycles. The summed E-state index contributed by atoms with van der Waals surface area (Å²) in [4.78, 5) is 10.5. The molecule has 0 aromatic heterocycles. The number of anilines is 1. The van der Waals surface area contributed by atoms with Gasteiger partial charge in [-0.15, -0.1) is 0 Å². The zero-order valence-corrected chi connectivity index (χ0v) is 11.7. The maximum Gasteiger partial charge on any atom is 0.274 e. The molecule has 0 heterocycles. The van der Waals surface area contributed by atoms with E-state index in [4.69, 9.17) is 0 Å². The van der Waals surface area contributed by atoms with Gasteiger partial charge in [-0.2, -0.15) is 0 Å². The third kappa shape index (κ3) is 3.35. The van der Waals surface area contributed by atoms with E-state index >= 15 is 0 Å². The fraction of sp³-hybridized carbons (Fsp3) is 0.250. The van der Waals surface area contributed by atoms with E-state index in [1.807, 2.05) is 18.2 Å². The predicted octanol–water partition coefficient (Wildman–Crippen LogP) is 3.87. The topological polar surface area (TPSA) is 55.2 Å². The smallest absolute Gasteiger partial charge is 0.274 e. The number of benzene rings is 2. The van der Waals surface area contributed by atoms with E-state index in [2.05, 4.69) is 24.4 Å². The first-order valence-corrected chi connectivity index (χ1v) is 6.61. The average molecular weight is 270 g/mol. The number of hydrogen-bond acceptors (Lipinski definition) is 3. The standard InChI is InChI=1S/C16H18N2O2/c1-12-5-3-4-6-14(12)9-10-17-15-8-7-13(2)16(11-15)18(19)20/h3-8,11,17H,9-10H2,1-2H3. The molecule has 0 aliphatic heterocycles. The van der Waals surface area contributed by atoms with Crippen molar-refractivity contribution in [2.75, 3.05) is 11.9 Å². The number of hydrogen-bond donors (Lipinski definition) is 1. The summed E-state index contributed by atoms with van der Waals surface area (Å²) in [6.07, 6.45) is 0.897. The summed E-state index contributed by atoms with van der Waals surface area (Å²) < 4.78 is 0. The van der Waals surface area contributed by atoms with Crippen LogP contribution in [-0.4, -0.2) is 11.5 Å². The van der Waals surface area contributed by atoms with Crippen LogP contribution in [0.5, 0.6) is 0 Å². The van der Waals surface area contributed by atoms with E-state index in [0.29, 0.717) is 5.56 Å². The van der Waals surface area contributed by atoms with Gasteiger partial charge in [-0.3, -0.25) is 10.1 Å². The van der Waals surface area contributed by atoms with Gasteiger partial charge in [0.2, 0.25) is 0 Å². The van der Waals surface area contributed by atoms with Crippen molar-refractivity contribution in [1.29, 1.82) is 0 Å². The molecule has 2 aromatic rings. The van der Waals surface area contributed by atoms with Crippen LogP contribution in [0.1, 0.15) is 16.7 Å². The highest BCUT2D eigenvalue weighted by atomic mass is 16.6. The summed E-state index contributed by atoms with van der Waals surface area (Å²) in [6, 6.07) is 13.5. The SMILES string of the molecule is Cc1ccccc1CCNc1ccc(C)c([N+](=O)[O-])c1. The van der Waals surface area contributed by atoms with Crippen molar-refractivity contribution in [3.05, 3.63) is 69.3 Å². The Labute approximate surface area is 118 Å². The van der Waals surface area contributed by atoms with Crippen molar-refractivity contribution in [3.8, 4) is 0 Å². The highest BCUT2D eigenvalue weighted by Gasteiger charge is 2.10. The number of nitro groups is 1. The van der Waals surface area contributed by atoms with Gasteiger partial charge in [-0.25, -0.2) is 0 Å². The lowest BCUT2D eigenvalue weighted by atomic mass is 10.1. The molecule has 0 radical (unpaired) electrons. The van der Waals surface area contributed by atoms with Crippen LogP contribution in [0.15, 0.2) is 42.5 Å². The van der Waals surface area contributed by atoms with E-state index in [1.54, 1.807) is 19.1 Å². The minimum absolute atomic E-state index is 0.158.